The van der Waals surface area contributed by atoms with E-state index in [0.29, 0.717) is 5.88 Å². The maximum atomic E-state index is 5.70. The van der Waals surface area contributed by atoms with Crippen molar-refractivity contribution >= 4 is 5.88 Å². The van der Waals surface area contributed by atoms with Gasteiger partial charge in [-0.25, -0.2) is 0 Å². The Kier molecular flexibility index (Phi) is 2.33. The fourth-order valence-corrected chi connectivity index (χ4v) is 1.73. The summed E-state index contributed by atoms with van der Waals surface area (Å²) in [4.78, 5) is 1.57. The van der Waals surface area contributed by atoms with Gasteiger partial charge in [-0.15, -0.1) is 0 Å². The lowest BCUT2D eigenvalue weighted by molar-refractivity contribution is 0.436. The Hall–Kier alpha value is -2.63. The first kappa shape index (κ1) is 10.5. The van der Waals surface area contributed by atoms with Crippen LogP contribution in [0.2, 0.25) is 0 Å². The summed E-state index contributed by atoms with van der Waals surface area (Å²) in [6, 6.07) is 7.70. The molecule has 0 saturated heterocycles. The Morgan fingerprint density at radius 1 is 1.28 bits per heavy atom. The summed E-state index contributed by atoms with van der Waals surface area (Å²) in [7, 11) is 0. The van der Waals surface area contributed by atoms with E-state index < -0.39 is 0 Å². The molecule has 0 aliphatic rings. The number of nitrogen functional groups attached to an aromatic ring is 1. The van der Waals surface area contributed by atoms with Crippen LogP contribution in [0.15, 0.2) is 41.2 Å². The van der Waals surface area contributed by atoms with Crippen molar-refractivity contribution in [2.24, 2.45) is 0 Å². The van der Waals surface area contributed by atoms with Crippen LogP contribution in [-0.4, -0.2) is 20.2 Å². The molecule has 0 bridgehead atoms. The molecule has 0 fully saturated rings. The first-order chi connectivity index (χ1) is 8.74. The van der Waals surface area contributed by atoms with Crippen LogP contribution in [0.25, 0.3) is 16.8 Å². The first-order valence-electron chi connectivity index (χ1n) is 5.44. The summed E-state index contributed by atoms with van der Waals surface area (Å²) >= 11 is 0. The van der Waals surface area contributed by atoms with E-state index in [1.165, 1.54) is 0 Å². The second kappa shape index (κ2) is 3.99. The molecule has 0 amide bonds. The second-order valence-corrected chi connectivity index (χ2v) is 3.93. The quantitative estimate of drug-likeness (QED) is 0.739. The average Bonchev–Trinajstić information content (AvgIpc) is 2.98. The van der Waals surface area contributed by atoms with Crippen molar-refractivity contribution in [2.75, 3.05) is 5.73 Å². The molecule has 2 aromatic heterocycles. The van der Waals surface area contributed by atoms with Gasteiger partial charge >= 0.3 is 0 Å². The molecule has 0 radical (unpaired) electrons. The van der Waals surface area contributed by atoms with E-state index in [9.17, 15) is 0 Å². The lowest BCUT2D eigenvalue weighted by Gasteiger charge is -2.02. The number of aromatic nitrogens is 4. The molecule has 6 nitrogen and oxygen atoms in total. The van der Waals surface area contributed by atoms with E-state index >= 15 is 0 Å². The number of aryl methyl sites for hydroxylation is 1. The molecule has 0 saturated carbocycles. The fourth-order valence-electron chi connectivity index (χ4n) is 1.73. The monoisotopic (exact) mass is 241 g/mol. The molecule has 1 aromatic carbocycles. The normalized spacial score (nSPS) is 10.7. The molecule has 0 unspecified atom stereocenters. The third-order valence-corrected chi connectivity index (χ3v) is 2.59. The second-order valence-electron chi connectivity index (χ2n) is 3.93. The number of benzene rings is 1. The fraction of sp³-hybridized carbons (Fsp3) is 0.0833. The van der Waals surface area contributed by atoms with Gasteiger partial charge in [0, 0.05) is 0 Å². The van der Waals surface area contributed by atoms with Gasteiger partial charge < -0.3 is 10.3 Å². The van der Waals surface area contributed by atoms with E-state index in [1.54, 1.807) is 17.2 Å². The average molecular weight is 241 g/mol. The van der Waals surface area contributed by atoms with Gasteiger partial charge in [0.2, 0.25) is 5.88 Å². The summed E-state index contributed by atoms with van der Waals surface area (Å²) in [5.74, 6) is 0.303. The minimum Gasteiger partial charge on any atom is -0.367 e. The number of nitrogens with zero attached hydrogens (tertiary/aromatic N) is 4. The molecular formula is C12H11N5O. The molecular weight excluding hydrogens is 230 g/mol. The third kappa shape index (κ3) is 1.73. The zero-order chi connectivity index (χ0) is 12.5. The molecule has 3 aromatic rings. The Morgan fingerprint density at radius 2 is 2.17 bits per heavy atom. The van der Waals surface area contributed by atoms with Gasteiger partial charge in [-0.05, 0) is 24.6 Å². The van der Waals surface area contributed by atoms with Crippen LogP contribution in [0.5, 0.6) is 0 Å². The molecule has 0 aliphatic carbocycles. The highest BCUT2D eigenvalue weighted by atomic mass is 16.5. The highest BCUT2D eigenvalue weighted by Gasteiger charge is 2.08. The zero-order valence-electron chi connectivity index (χ0n) is 9.74. The van der Waals surface area contributed by atoms with Crippen LogP contribution in [0.1, 0.15) is 5.69 Å². The highest BCUT2D eigenvalue weighted by Crippen LogP contribution is 2.26. The van der Waals surface area contributed by atoms with Crippen LogP contribution < -0.4 is 5.73 Å². The smallest absolute Gasteiger partial charge is 0.229 e. The molecule has 6 heteroatoms. The molecule has 3 rings (SSSR count). The Bertz CT molecular complexity index is 685. The van der Waals surface area contributed by atoms with Crippen molar-refractivity contribution in [3.05, 3.63) is 42.4 Å². The highest BCUT2D eigenvalue weighted by molar-refractivity contribution is 5.73. The molecule has 2 heterocycles. The maximum Gasteiger partial charge on any atom is 0.229 e. The van der Waals surface area contributed by atoms with Crippen molar-refractivity contribution < 1.29 is 4.52 Å². The lowest BCUT2D eigenvalue weighted by atomic mass is 10.1. The predicted octanol–water partition coefficient (Wildman–Crippen LogP) is 1.81. The topological polar surface area (TPSA) is 82.8 Å². The Morgan fingerprint density at radius 3 is 2.83 bits per heavy atom. The van der Waals surface area contributed by atoms with Crippen molar-refractivity contribution in [2.45, 2.75) is 6.92 Å². The van der Waals surface area contributed by atoms with E-state index in [4.69, 9.17) is 10.3 Å². The van der Waals surface area contributed by atoms with Crippen molar-refractivity contribution in [1.29, 1.82) is 0 Å². The number of nitrogens with two attached hydrogens (primary N) is 1. The van der Waals surface area contributed by atoms with E-state index in [0.717, 1.165) is 22.5 Å². The Labute approximate surface area is 103 Å². The molecule has 2 N–H and O–H groups in total. The van der Waals surface area contributed by atoms with Crippen molar-refractivity contribution in [1.82, 2.24) is 20.2 Å². The predicted molar refractivity (Wildman–Crippen MR) is 66.0 cm³/mol. The summed E-state index contributed by atoms with van der Waals surface area (Å²) in [6.45, 7) is 1.89. The number of hydrogen-bond donors (Lipinski definition) is 1. The van der Waals surface area contributed by atoms with E-state index in [2.05, 4.69) is 15.4 Å². The summed E-state index contributed by atoms with van der Waals surface area (Å²) < 4.78 is 4.86. The number of anilines is 1. The van der Waals surface area contributed by atoms with Gasteiger partial charge in [-0.3, -0.25) is 0 Å². The van der Waals surface area contributed by atoms with Crippen molar-refractivity contribution in [3.8, 4) is 16.8 Å². The van der Waals surface area contributed by atoms with E-state index in [1.807, 2.05) is 31.2 Å². The number of hydrogen-bond acceptors (Lipinski definition) is 5. The van der Waals surface area contributed by atoms with Gasteiger partial charge in [0.15, 0.2) is 0 Å². The third-order valence-electron chi connectivity index (χ3n) is 2.59. The van der Waals surface area contributed by atoms with Crippen LogP contribution in [0.4, 0.5) is 5.88 Å². The molecule has 0 atom stereocenters. The molecule has 90 valence electrons. The number of rotatable bonds is 2. The standard InChI is InChI=1S/C12H11N5O/c1-8-6-14-17(16-8)10-4-2-3-9(5-10)11-7-15-18-12(11)13/h2-7H,13H2,1H3. The summed E-state index contributed by atoms with van der Waals surface area (Å²) in [6.07, 6.45) is 3.30. The van der Waals surface area contributed by atoms with Gasteiger partial charge in [-0.2, -0.15) is 15.0 Å². The molecule has 18 heavy (non-hydrogen) atoms. The minimum atomic E-state index is 0.303. The van der Waals surface area contributed by atoms with Gasteiger partial charge in [0.1, 0.15) is 0 Å². The van der Waals surface area contributed by atoms with Crippen LogP contribution in [-0.2, 0) is 0 Å². The zero-order valence-corrected chi connectivity index (χ0v) is 9.74. The summed E-state index contributed by atoms with van der Waals surface area (Å²) in [5.41, 5.74) is 9.11. The SMILES string of the molecule is Cc1cnn(-c2cccc(-c3cnoc3N)c2)n1. The molecule has 0 aliphatic heterocycles. The van der Waals surface area contributed by atoms with Crippen LogP contribution in [0, 0.1) is 6.92 Å². The van der Waals surface area contributed by atoms with Gasteiger partial charge in [0.05, 0.1) is 29.3 Å². The first-order valence-corrected chi connectivity index (χ1v) is 5.44. The lowest BCUT2D eigenvalue weighted by Crippen LogP contribution is -1.98. The van der Waals surface area contributed by atoms with Crippen LogP contribution in [0.3, 0.4) is 0 Å². The largest absolute Gasteiger partial charge is 0.367 e. The minimum absolute atomic E-state index is 0.303. The van der Waals surface area contributed by atoms with E-state index in [-0.39, 0.29) is 0 Å². The van der Waals surface area contributed by atoms with Gasteiger partial charge in [-0.1, -0.05) is 17.3 Å². The van der Waals surface area contributed by atoms with Crippen LogP contribution >= 0.6 is 0 Å². The van der Waals surface area contributed by atoms with Gasteiger partial charge in [0.25, 0.3) is 0 Å². The molecule has 0 spiro atoms. The summed E-state index contributed by atoms with van der Waals surface area (Å²) in [5, 5.41) is 12.1. The Balaban J connectivity index is 2.07. The van der Waals surface area contributed by atoms with Crippen molar-refractivity contribution in [3.63, 3.8) is 0 Å². The maximum absolute atomic E-state index is 5.70.